The molecule has 0 aromatic carbocycles. The normalized spacial score (nSPS) is 12.8. The van der Waals surface area contributed by atoms with Gasteiger partial charge in [0.25, 0.3) is 0 Å². The van der Waals surface area contributed by atoms with Gasteiger partial charge in [-0.1, -0.05) is 271 Å². The molecule has 0 amide bonds. The number of allylic oxidation sites excluding steroid dienone is 18. The Morgan fingerprint density at radius 1 is 0.280 bits per heavy atom. The molecule has 0 aromatic rings. The van der Waals surface area contributed by atoms with Gasteiger partial charge in [0.05, 0.1) is 0 Å². The number of hydrogen-bond acceptors (Lipinski definition) is 6. The van der Waals surface area contributed by atoms with Crippen LogP contribution in [-0.4, -0.2) is 37.2 Å². The summed E-state index contributed by atoms with van der Waals surface area (Å²) in [6.45, 7) is 6.43. The smallest absolute Gasteiger partial charge is 0.306 e. The predicted molar refractivity (Wildman–Crippen MR) is 325 cm³/mol. The lowest BCUT2D eigenvalue weighted by molar-refractivity contribution is -0.167. The van der Waals surface area contributed by atoms with Gasteiger partial charge in [-0.3, -0.25) is 14.4 Å². The summed E-state index contributed by atoms with van der Waals surface area (Å²) < 4.78 is 16.7. The zero-order chi connectivity index (χ0) is 54.3. The lowest BCUT2D eigenvalue weighted by atomic mass is 10.0. The van der Waals surface area contributed by atoms with Gasteiger partial charge in [0.1, 0.15) is 13.2 Å². The molecule has 6 heteroatoms. The van der Waals surface area contributed by atoms with E-state index in [4.69, 9.17) is 14.2 Å². The van der Waals surface area contributed by atoms with E-state index >= 15 is 0 Å². The van der Waals surface area contributed by atoms with Gasteiger partial charge in [0, 0.05) is 19.3 Å². The number of carbonyl (C=O) groups excluding carboxylic acids is 3. The van der Waals surface area contributed by atoms with Crippen LogP contribution in [0.2, 0.25) is 0 Å². The molecular weight excluding hydrogens is 925 g/mol. The van der Waals surface area contributed by atoms with Crippen LogP contribution in [0, 0.1) is 0 Å². The summed E-state index contributed by atoms with van der Waals surface area (Å²) in [4.78, 5) is 37.9. The van der Waals surface area contributed by atoms with E-state index in [0.29, 0.717) is 19.3 Å². The van der Waals surface area contributed by atoms with Crippen molar-refractivity contribution in [1.82, 2.24) is 0 Å². The number of rotatable bonds is 56. The van der Waals surface area contributed by atoms with E-state index in [9.17, 15) is 14.4 Å². The Kier molecular flexibility index (Phi) is 59.3. The first-order valence-corrected chi connectivity index (χ1v) is 31.4. The van der Waals surface area contributed by atoms with Crippen LogP contribution >= 0.6 is 0 Å². The van der Waals surface area contributed by atoms with Crippen LogP contribution in [0.25, 0.3) is 0 Å². The van der Waals surface area contributed by atoms with Crippen molar-refractivity contribution in [3.05, 3.63) is 109 Å². The third-order valence-electron chi connectivity index (χ3n) is 13.3. The number of carbonyl (C=O) groups is 3. The van der Waals surface area contributed by atoms with Crippen molar-refractivity contribution < 1.29 is 28.6 Å². The number of ether oxygens (including phenoxy) is 3. The number of unbranched alkanes of at least 4 members (excludes halogenated alkanes) is 27. The van der Waals surface area contributed by atoms with Crippen molar-refractivity contribution in [2.24, 2.45) is 0 Å². The van der Waals surface area contributed by atoms with Crippen molar-refractivity contribution >= 4 is 17.9 Å². The van der Waals surface area contributed by atoms with Crippen molar-refractivity contribution in [2.75, 3.05) is 13.2 Å². The minimum Gasteiger partial charge on any atom is -0.462 e. The molecule has 0 heterocycles. The molecule has 1 atom stereocenters. The van der Waals surface area contributed by atoms with Crippen LogP contribution in [0.4, 0.5) is 0 Å². The molecule has 0 spiro atoms. The zero-order valence-corrected chi connectivity index (χ0v) is 49.0. The molecule has 1 unspecified atom stereocenters. The lowest BCUT2D eigenvalue weighted by Gasteiger charge is -2.18. The Balaban J connectivity index is 4.14. The Hall–Kier alpha value is -3.93. The molecule has 0 saturated carbocycles. The molecule has 0 saturated heterocycles. The van der Waals surface area contributed by atoms with Gasteiger partial charge < -0.3 is 14.2 Å². The first-order chi connectivity index (χ1) is 37.0. The highest BCUT2D eigenvalue weighted by Gasteiger charge is 2.19. The molecule has 0 aliphatic rings. The van der Waals surface area contributed by atoms with Gasteiger partial charge in [-0.15, -0.1) is 0 Å². The predicted octanol–water partition coefficient (Wildman–Crippen LogP) is 21.4. The standard InChI is InChI=1S/C69H116O6/c1-4-7-10-13-15-17-19-21-23-25-27-29-31-32-33-34-35-36-38-39-41-43-45-47-49-51-53-56-59-62-68(71)74-65-66(64-73-67(70)61-58-55-12-9-6-3)75-69(72)63-60-57-54-52-50-48-46-44-42-40-37-30-28-26-24-22-20-18-16-14-11-8-5-2/h7,10,15,17,21,23,26-29,32-33,35-36,39,41,45,47,66H,4-6,8-9,11-14,16,18-20,22,24-25,30-31,34,37-38,40,42-44,46,48-65H2,1-3H3/b10-7-,17-15-,23-21-,28-26-,29-27-,33-32-,36-35-,41-39-,47-45-. The highest BCUT2D eigenvalue weighted by atomic mass is 16.6. The summed E-state index contributed by atoms with van der Waals surface area (Å²) in [5, 5.41) is 0. The molecule has 0 aliphatic carbocycles. The third-order valence-corrected chi connectivity index (χ3v) is 13.3. The summed E-state index contributed by atoms with van der Waals surface area (Å²) in [6.07, 6.45) is 85.7. The molecule has 0 aliphatic heterocycles. The molecule has 428 valence electrons. The lowest BCUT2D eigenvalue weighted by Crippen LogP contribution is -2.30. The monoisotopic (exact) mass is 1040 g/mol. The van der Waals surface area contributed by atoms with Gasteiger partial charge in [-0.2, -0.15) is 0 Å². The first kappa shape index (κ1) is 71.1. The van der Waals surface area contributed by atoms with Gasteiger partial charge in [-0.05, 0) is 109 Å². The fraction of sp³-hybridized carbons (Fsp3) is 0.696. The van der Waals surface area contributed by atoms with Gasteiger partial charge in [0.15, 0.2) is 6.10 Å². The van der Waals surface area contributed by atoms with Crippen molar-refractivity contribution in [3.8, 4) is 0 Å². The summed E-state index contributed by atoms with van der Waals surface area (Å²) in [7, 11) is 0. The molecule has 0 rings (SSSR count). The number of hydrogen-bond donors (Lipinski definition) is 0. The van der Waals surface area contributed by atoms with Crippen molar-refractivity contribution in [1.29, 1.82) is 0 Å². The molecule has 0 bridgehead atoms. The van der Waals surface area contributed by atoms with Crippen LogP contribution in [0.15, 0.2) is 109 Å². The Morgan fingerprint density at radius 3 is 0.827 bits per heavy atom. The molecular formula is C69H116O6. The summed E-state index contributed by atoms with van der Waals surface area (Å²) in [6, 6.07) is 0. The Morgan fingerprint density at radius 2 is 0.520 bits per heavy atom. The quantitative estimate of drug-likeness (QED) is 0.0261. The molecule has 0 N–H and O–H groups in total. The van der Waals surface area contributed by atoms with Crippen LogP contribution in [-0.2, 0) is 28.6 Å². The highest BCUT2D eigenvalue weighted by Crippen LogP contribution is 2.15. The Labute approximate surface area is 463 Å². The van der Waals surface area contributed by atoms with E-state index in [0.717, 1.165) is 128 Å². The fourth-order valence-electron chi connectivity index (χ4n) is 8.57. The summed E-state index contributed by atoms with van der Waals surface area (Å²) in [5.74, 6) is -0.924. The maximum atomic E-state index is 12.8. The maximum Gasteiger partial charge on any atom is 0.306 e. The average molecular weight is 1040 g/mol. The second kappa shape index (κ2) is 62.6. The number of esters is 3. The van der Waals surface area contributed by atoms with Crippen LogP contribution < -0.4 is 0 Å². The zero-order valence-electron chi connectivity index (χ0n) is 49.0. The minimum absolute atomic E-state index is 0.0873. The maximum absolute atomic E-state index is 12.8. The van der Waals surface area contributed by atoms with Gasteiger partial charge in [0.2, 0.25) is 0 Å². The summed E-state index contributed by atoms with van der Waals surface area (Å²) in [5.41, 5.74) is 0. The van der Waals surface area contributed by atoms with Crippen LogP contribution in [0.5, 0.6) is 0 Å². The largest absolute Gasteiger partial charge is 0.462 e. The topological polar surface area (TPSA) is 78.9 Å². The molecule has 0 fully saturated rings. The van der Waals surface area contributed by atoms with E-state index < -0.39 is 6.10 Å². The van der Waals surface area contributed by atoms with Crippen molar-refractivity contribution in [2.45, 2.75) is 297 Å². The minimum atomic E-state index is -0.787. The first-order valence-electron chi connectivity index (χ1n) is 31.4. The fourth-order valence-corrected chi connectivity index (χ4v) is 8.57. The van der Waals surface area contributed by atoms with E-state index in [-0.39, 0.29) is 31.1 Å². The highest BCUT2D eigenvalue weighted by molar-refractivity contribution is 5.71. The second-order valence-corrected chi connectivity index (χ2v) is 20.6. The molecule has 0 aromatic heterocycles. The van der Waals surface area contributed by atoms with Crippen LogP contribution in [0.1, 0.15) is 290 Å². The molecule has 75 heavy (non-hydrogen) atoms. The van der Waals surface area contributed by atoms with E-state index in [1.807, 2.05) is 0 Å². The van der Waals surface area contributed by atoms with E-state index in [1.54, 1.807) is 0 Å². The average Bonchev–Trinajstić information content (AvgIpc) is 3.41. The van der Waals surface area contributed by atoms with E-state index in [2.05, 4.69) is 130 Å². The Bertz CT molecular complexity index is 1520. The molecule has 6 nitrogen and oxygen atoms in total. The van der Waals surface area contributed by atoms with E-state index in [1.165, 1.54) is 122 Å². The SMILES string of the molecule is CC/C=C\C/C=C\C/C=C\C/C=C\C/C=C\C/C=C\C/C=C\C/C=C\CCCCCCC(=O)OCC(COC(=O)CCCCCCC)OC(=O)CCCCCCCCCCCCC/C=C\CCCCCCCCCC. The van der Waals surface area contributed by atoms with Crippen molar-refractivity contribution in [3.63, 3.8) is 0 Å². The third kappa shape index (κ3) is 60.8. The summed E-state index contributed by atoms with van der Waals surface area (Å²) >= 11 is 0. The van der Waals surface area contributed by atoms with Crippen LogP contribution in [0.3, 0.4) is 0 Å². The molecule has 0 radical (unpaired) electrons. The van der Waals surface area contributed by atoms with Gasteiger partial charge in [-0.25, -0.2) is 0 Å². The second-order valence-electron chi connectivity index (χ2n) is 20.6. The van der Waals surface area contributed by atoms with Gasteiger partial charge >= 0.3 is 17.9 Å².